The van der Waals surface area contributed by atoms with E-state index in [1.807, 2.05) is 39.8 Å². The third kappa shape index (κ3) is 4.06. The molecular weight excluding hydrogens is 468 g/mol. The molecule has 3 aromatic heterocycles. The van der Waals surface area contributed by atoms with Gasteiger partial charge in [0, 0.05) is 48.3 Å². The molecule has 2 N–H and O–H groups in total. The standard InChI is InChI=1S/C28H26N6O3/c35-21-6-7-22-23(15-21)34(26(31-22)19-5-8-24-18(14-19)10-13-37-24)25-9-11-29-28(32-25)30-20-2-1-12-33(16-20)27(36)17-3-4-17/h5-11,13-15,17,20,35H,1-4,12,16H2,(H,29,30,32). The van der Waals surface area contributed by atoms with E-state index in [0.29, 0.717) is 24.1 Å². The van der Waals surface area contributed by atoms with Crippen LogP contribution in [0.5, 0.6) is 5.75 Å². The van der Waals surface area contributed by atoms with Gasteiger partial charge in [-0.15, -0.1) is 0 Å². The minimum absolute atomic E-state index is 0.0956. The van der Waals surface area contributed by atoms with Crippen molar-refractivity contribution < 1.29 is 14.3 Å². The van der Waals surface area contributed by atoms with E-state index in [-0.39, 0.29) is 23.6 Å². The summed E-state index contributed by atoms with van der Waals surface area (Å²) in [5.74, 6) is 2.50. The summed E-state index contributed by atoms with van der Waals surface area (Å²) in [5, 5.41) is 14.7. The molecule has 9 nitrogen and oxygen atoms in total. The van der Waals surface area contributed by atoms with Crippen molar-refractivity contribution in [2.45, 2.75) is 31.7 Å². The van der Waals surface area contributed by atoms with Crippen molar-refractivity contribution in [3.05, 3.63) is 61.0 Å². The lowest BCUT2D eigenvalue weighted by Crippen LogP contribution is -2.45. The van der Waals surface area contributed by atoms with Gasteiger partial charge in [-0.05, 0) is 68.1 Å². The normalized spacial score (nSPS) is 17.9. The molecule has 9 heteroatoms. The highest BCUT2D eigenvalue weighted by Crippen LogP contribution is 2.33. The molecule has 1 aliphatic carbocycles. The van der Waals surface area contributed by atoms with Crippen LogP contribution < -0.4 is 5.32 Å². The van der Waals surface area contributed by atoms with Crippen LogP contribution >= 0.6 is 0 Å². The monoisotopic (exact) mass is 494 g/mol. The number of nitrogens with one attached hydrogen (secondary N) is 1. The van der Waals surface area contributed by atoms with Gasteiger partial charge >= 0.3 is 0 Å². The van der Waals surface area contributed by atoms with E-state index >= 15 is 0 Å². The Morgan fingerprint density at radius 1 is 1.05 bits per heavy atom. The molecule has 1 saturated carbocycles. The van der Waals surface area contributed by atoms with E-state index in [4.69, 9.17) is 14.4 Å². The first-order valence-electron chi connectivity index (χ1n) is 12.7. The van der Waals surface area contributed by atoms with Gasteiger partial charge in [-0.3, -0.25) is 9.36 Å². The number of phenols is 1. The van der Waals surface area contributed by atoms with E-state index in [0.717, 1.165) is 59.8 Å². The number of fused-ring (bicyclic) bond motifs is 2. The summed E-state index contributed by atoms with van der Waals surface area (Å²) in [6, 6.07) is 14.9. The average Bonchev–Trinajstić information content (AvgIpc) is 3.54. The molecule has 37 heavy (non-hydrogen) atoms. The fourth-order valence-corrected chi connectivity index (χ4v) is 5.20. The lowest BCUT2D eigenvalue weighted by atomic mass is 10.1. The van der Waals surface area contributed by atoms with E-state index < -0.39 is 0 Å². The van der Waals surface area contributed by atoms with Gasteiger partial charge in [0.25, 0.3) is 0 Å². The third-order valence-corrected chi connectivity index (χ3v) is 7.21. The molecule has 1 amide bonds. The Morgan fingerprint density at radius 3 is 2.86 bits per heavy atom. The minimum Gasteiger partial charge on any atom is -0.508 e. The number of aromatic nitrogens is 4. The van der Waals surface area contributed by atoms with Crippen molar-refractivity contribution >= 4 is 33.9 Å². The van der Waals surface area contributed by atoms with E-state index in [9.17, 15) is 9.90 Å². The molecule has 7 rings (SSSR count). The number of imidazole rings is 1. The predicted molar refractivity (Wildman–Crippen MR) is 139 cm³/mol. The number of hydrogen-bond acceptors (Lipinski definition) is 7. The Labute approximate surface area is 212 Å². The zero-order valence-corrected chi connectivity index (χ0v) is 20.2. The number of nitrogens with zero attached hydrogens (tertiary/aromatic N) is 5. The van der Waals surface area contributed by atoms with E-state index in [2.05, 4.69) is 10.3 Å². The van der Waals surface area contributed by atoms with Crippen LogP contribution in [0.4, 0.5) is 5.95 Å². The van der Waals surface area contributed by atoms with Crippen LogP contribution in [-0.2, 0) is 4.79 Å². The van der Waals surface area contributed by atoms with Gasteiger partial charge in [0.2, 0.25) is 11.9 Å². The van der Waals surface area contributed by atoms with Crippen molar-refractivity contribution in [3.63, 3.8) is 0 Å². The zero-order valence-electron chi connectivity index (χ0n) is 20.2. The van der Waals surface area contributed by atoms with Gasteiger partial charge in [-0.1, -0.05) is 0 Å². The first kappa shape index (κ1) is 21.8. The quantitative estimate of drug-likeness (QED) is 0.363. The topological polar surface area (TPSA) is 109 Å². The molecule has 2 fully saturated rings. The van der Waals surface area contributed by atoms with Crippen LogP contribution in [0, 0.1) is 5.92 Å². The molecule has 1 aliphatic heterocycles. The first-order valence-corrected chi connectivity index (χ1v) is 12.7. The molecule has 2 aliphatic rings. The number of phenolic OH excluding ortho intramolecular Hbond substituents is 1. The Hall–Kier alpha value is -4.40. The highest BCUT2D eigenvalue weighted by Gasteiger charge is 2.35. The summed E-state index contributed by atoms with van der Waals surface area (Å²) in [6.07, 6.45) is 7.34. The van der Waals surface area contributed by atoms with Crippen LogP contribution in [-0.4, -0.2) is 54.6 Å². The molecule has 5 aromatic rings. The predicted octanol–water partition coefficient (Wildman–Crippen LogP) is 4.75. The number of furan rings is 1. The Morgan fingerprint density at radius 2 is 1.97 bits per heavy atom. The smallest absolute Gasteiger partial charge is 0.225 e. The SMILES string of the molecule is O=C(C1CC1)N1CCCC(Nc2nccc(-n3c(-c4ccc5occc5c4)nc4ccc(O)cc43)n2)C1. The van der Waals surface area contributed by atoms with Gasteiger partial charge < -0.3 is 19.7 Å². The number of amides is 1. The number of aromatic hydroxyl groups is 1. The maximum atomic E-state index is 12.6. The zero-order chi connectivity index (χ0) is 24.9. The molecule has 4 heterocycles. The highest BCUT2D eigenvalue weighted by molar-refractivity contribution is 5.87. The van der Waals surface area contributed by atoms with Crippen molar-refractivity contribution in [2.24, 2.45) is 5.92 Å². The third-order valence-electron chi connectivity index (χ3n) is 7.21. The summed E-state index contributed by atoms with van der Waals surface area (Å²) in [7, 11) is 0. The van der Waals surface area contributed by atoms with Gasteiger partial charge in [0.15, 0.2) is 0 Å². The Kier molecular flexibility index (Phi) is 5.09. The highest BCUT2D eigenvalue weighted by atomic mass is 16.3. The minimum atomic E-state index is 0.0956. The molecule has 0 radical (unpaired) electrons. The number of benzene rings is 2. The molecule has 2 aromatic carbocycles. The van der Waals surface area contributed by atoms with Gasteiger partial charge in [0.05, 0.1) is 17.3 Å². The second kappa shape index (κ2) is 8.62. The maximum absolute atomic E-state index is 12.6. The van der Waals surface area contributed by atoms with Crippen molar-refractivity contribution in [3.8, 4) is 23.0 Å². The van der Waals surface area contributed by atoms with Gasteiger partial charge in [0.1, 0.15) is 23.0 Å². The number of carbonyl (C=O) groups excluding carboxylic acids is 1. The van der Waals surface area contributed by atoms with Crippen LogP contribution in [0.1, 0.15) is 25.7 Å². The summed E-state index contributed by atoms with van der Waals surface area (Å²) in [5.41, 5.74) is 3.19. The summed E-state index contributed by atoms with van der Waals surface area (Å²) < 4.78 is 7.45. The van der Waals surface area contributed by atoms with Crippen molar-refractivity contribution in [2.75, 3.05) is 18.4 Å². The lowest BCUT2D eigenvalue weighted by Gasteiger charge is -2.33. The average molecular weight is 495 g/mol. The second-order valence-electron chi connectivity index (χ2n) is 9.90. The van der Waals surface area contributed by atoms with Gasteiger partial charge in [-0.25, -0.2) is 9.97 Å². The summed E-state index contributed by atoms with van der Waals surface area (Å²) in [4.78, 5) is 28.8. The molecule has 1 saturated heterocycles. The number of rotatable bonds is 5. The Bertz CT molecular complexity index is 1640. The van der Waals surface area contributed by atoms with Crippen molar-refractivity contribution in [1.29, 1.82) is 0 Å². The number of likely N-dealkylation sites (tertiary alicyclic amines) is 1. The van der Waals surface area contributed by atoms with E-state index in [1.54, 1.807) is 30.7 Å². The fourth-order valence-electron chi connectivity index (χ4n) is 5.20. The number of anilines is 1. The first-order chi connectivity index (χ1) is 18.1. The number of piperidine rings is 1. The summed E-state index contributed by atoms with van der Waals surface area (Å²) >= 11 is 0. The molecule has 0 spiro atoms. The van der Waals surface area contributed by atoms with E-state index in [1.165, 1.54) is 0 Å². The van der Waals surface area contributed by atoms with Crippen LogP contribution in [0.3, 0.4) is 0 Å². The molecule has 1 atom stereocenters. The van der Waals surface area contributed by atoms with Crippen LogP contribution in [0.2, 0.25) is 0 Å². The molecule has 186 valence electrons. The lowest BCUT2D eigenvalue weighted by molar-refractivity contribution is -0.133. The number of hydrogen-bond donors (Lipinski definition) is 2. The summed E-state index contributed by atoms with van der Waals surface area (Å²) in [6.45, 7) is 1.49. The van der Waals surface area contributed by atoms with Crippen LogP contribution in [0.25, 0.3) is 39.2 Å². The Balaban J connectivity index is 1.25. The van der Waals surface area contributed by atoms with Crippen LogP contribution in [0.15, 0.2) is 65.4 Å². The van der Waals surface area contributed by atoms with Crippen molar-refractivity contribution in [1.82, 2.24) is 24.4 Å². The largest absolute Gasteiger partial charge is 0.508 e. The molecular formula is C28H26N6O3. The second-order valence-corrected chi connectivity index (χ2v) is 9.90. The maximum Gasteiger partial charge on any atom is 0.225 e. The fraction of sp³-hybridized carbons (Fsp3) is 0.286. The molecule has 0 bridgehead atoms. The molecule has 1 unspecified atom stereocenters. The van der Waals surface area contributed by atoms with Gasteiger partial charge in [-0.2, -0.15) is 4.98 Å². The number of carbonyl (C=O) groups is 1.